The molecule has 1 atom stereocenters. The molecule has 0 amide bonds. The van der Waals surface area contributed by atoms with E-state index in [1.54, 1.807) is 4.31 Å². The van der Waals surface area contributed by atoms with Crippen molar-refractivity contribution in [3.8, 4) is 0 Å². The van der Waals surface area contributed by atoms with Gasteiger partial charge in [0, 0.05) is 13.1 Å². The second-order valence-electron chi connectivity index (χ2n) is 7.31. The maximum absolute atomic E-state index is 11.8. The molecule has 0 aromatic rings. The molecule has 0 bridgehead atoms. The molecule has 124 valence electrons. The van der Waals surface area contributed by atoms with Crippen LogP contribution in [0.2, 0.25) is 0 Å². The summed E-state index contributed by atoms with van der Waals surface area (Å²) in [5, 5.41) is 0. The van der Waals surface area contributed by atoms with Crippen molar-refractivity contribution in [2.24, 2.45) is 17.1 Å². The molecule has 0 radical (unpaired) electrons. The molecular weight excluding hydrogens is 284 g/mol. The van der Waals surface area contributed by atoms with Gasteiger partial charge in [0.15, 0.2) is 0 Å². The minimum Gasteiger partial charge on any atom is -0.330 e. The lowest BCUT2D eigenvalue weighted by atomic mass is 9.69. The van der Waals surface area contributed by atoms with E-state index in [-0.39, 0.29) is 5.41 Å². The molecule has 1 heterocycles. The van der Waals surface area contributed by atoms with Crippen LogP contribution in [0.5, 0.6) is 0 Å². The molecule has 5 heteroatoms. The van der Waals surface area contributed by atoms with Gasteiger partial charge in [-0.15, -0.1) is 0 Å². The maximum atomic E-state index is 11.8. The first-order valence-electron chi connectivity index (χ1n) is 8.60. The normalized spacial score (nSPS) is 28.8. The van der Waals surface area contributed by atoms with Gasteiger partial charge in [-0.1, -0.05) is 32.1 Å². The molecule has 0 aromatic carbocycles. The van der Waals surface area contributed by atoms with E-state index in [0.29, 0.717) is 19.0 Å². The van der Waals surface area contributed by atoms with Gasteiger partial charge in [0.25, 0.3) is 0 Å². The molecular formula is C16H32N2O2S. The van der Waals surface area contributed by atoms with Crippen molar-refractivity contribution in [3.63, 3.8) is 0 Å². The number of nitrogens with two attached hydrogens (primary N) is 1. The average molecular weight is 317 g/mol. The summed E-state index contributed by atoms with van der Waals surface area (Å²) in [6.07, 6.45) is 13.7. The Morgan fingerprint density at radius 3 is 2.29 bits per heavy atom. The molecule has 0 aromatic heterocycles. The fourth-order valence-corrected chi connectivity index (χ4v) is 5.20. The summed E-state index contributed by atoms with van der Waals surface area (Å²) < 4.78 is 25.2. The van der Waals surface area contributed by atoms with Gasteiger partial charge in [0.2, 0.25) is 10.0 Å². The first kappa shape index (κ1) is 17.2. The molecule has 2 N–H and O–H groups in total. The standard InChI is InChI=1S/C16H32N2O2S/c1-21(19,20)18-11-7-8-15(13-18)12-16(14-17)9-5-3-2-4-6-10-16/h15H,2-14,17H2,1H3. The summed E-state index contributed by atoms with van der Waals surface area (Å²) >= 11 is 0. The molecule has 1 unspecified atom stereocenters. The van der Waals surface area contributed by atoms with Crippen LogP contribution in [-0.4, -0.2) is 38.6 Å². The van der Waals surface area contributed by atoms with E-state index in [1.807, 2.05) is 0 Å². The van der Waals surface area contributed by atoms with E-state index in [0.717, 1.165) is 25.8 Å². The molecule has 0 spiro atoms. The summed E-state index contributed by atoms with van der Waals surface area (Å²) in [5.41, 5.74) is 6.43. The molecule has 2 rings (SSSR count). The summed E-state index contributed by atoms with van der Waals surface area (Å²) in [4.78, 5) is 0. The quantitative estimate of drug-likeness (QED) is 0.867. The Hall–Kier alpha value is -0.130. The molecule has 2 fully saturated rings. The third-order valence-corrected chi connectivity index (χ3v) is 6.79. The predicted octanol–water partition coefficient (Wildman–Crippen LogP) is 2.74. The number of rotatable bonds is 4. The summed E-state index contributed by atoms with van der Waals surface area (Å²) in [7, 11) is -3.04. The maximum Gasteiger partial charge on any atom is 0.211 e. The third kappa shape index (κ3) is 4.93. The smallest absolute Gasteiger partial charge is 0.211 e. The fourth-order valence-electron chi connectivity index (χ4n) is 4.25. The van der Waals surface area contributed by atoms with Crippen LogP contribution in [0.4, 0.5) is 0 Å². The zero-order valence-corrected chi connectivity index (χ0v) is 14.3. The topological polar surface area (TPSA) is 63.4 Å². The molecule has 1 aliphatic heterocycles. The highest BCUT2D eigenvalue weighted by atomic mass is 32.2. The van der Waals surface area contributed by atoms with Crippen molar-refractivity contribution < 1.29 is 8.42 Å². The van der Waals surface area contributed by atoms with Gasteiger partial charge >= 0.3 is 0 Å². The fraction of sp³-hybridized carbons (Fsp3) is 1.00. The highest BCUT2D eigenvalue weighted by Crippen LogP contribution is 2.40. The van der Waals surface area contributed by atoms with E-state index in [1.165, 1.54) is 51.2 Å². The van der Waals surface area contributed by atoms with E-state index in [2.05, 4.69) is 0 Å². The number of piperidine rings is 1. The van der Waals surface area contributed by atoms with Gasteiger partial charge in [-0.25, -0.2) is 12.7 Å². The van der Waals surface area contributed by atoms with E-state index < -0.39 is 10.0 Å². The highest BCUT2D eigenvalue weighted by molar-refractivity contribution is 7.88. The number of hydrogen-bond donors (Lipinski definition) is 1. The minimum absolute atomic E-state index is 0.269. The first-order chi connectivity index (χ1) is 9.95. The van der Waals surface area contributed by atoms with Gasteiger partial charge < -0.3 is 5.73 Å². The number of hydrogen-bond acceptors (Lipinski definition) is 3. The summed E-state index contributed by atoms with van der Waals surface area (Å²) in [6.45, 7) is 2.17. The van der Waals surface area contributed by atoms with Crippen LogP contribution in [-0.2, 0) is 10.0 Å². The Bertz CT molecular complexity index is 414. The monoisotopic (exact) mass is 316 g/mol. The van der Waals surface area contributed by atoms with Gasteiger partial charge in [-0.2, -0.15) is 0 Å². The van der Waals surface area contributed by atoms with E-state index in [9.17, 15) is 8.42 Å². The molecule has 1 aliphatic carbocycles. The van der Waals surface area contributed by atoms with Crippen LogP contribution in [0, 0.1) is 11.3 Å². The average Bonchev–Trinajstić information content (AvgIpc) is 2.41. The van der Waals surface area contributed by atoms with Gasteiger partial charge in [-0.3, -0.25) is 0 Å². The Labute approximate surface area is 130 Å². The van der Waals surface area contributed by atoms with Crippen molar-refractivity contribution in [1.29, 1.82) is 0 Å². The minimum atomic E-state index is -3.04. The molecule has 4 nitrogen and oxygen atoms in total. The first-order valence-corrected chi connectivity index (χ1v) is 10.5. The Kier molecular flexibility index (Phi) is 6.09. The zero-order chi connectivity index (χ0) is 15.3. The van der Waals surface area contributed by atoms with Crippen molar-refractivity contribution in [3.05, 3.63) is 0 Å². The second kappa shape index (κ2) is 7.42. The van der Waals surface area contributed by atoms with Crippen molar-refractivity contribution in [2.75, 3.05) is 25.9 Å². The lowest BCUT2D eigenvalue weighted by Crippen LogP contribution is -2.42. The van der Waals surface area contributed by atoms with Crippen LogP contribution < -0.4 is 5.73 Å². The highest BCUT2D eigenvalue weighted by Gasteiger charge is 2.34. The molecule has 2 aliphatic rings. The molecule has 1 saturated heterocycles. The van der Waals surface area contributed by atoms with Crippen LogP contribution in [0.3, 0.4) is 0 Å². The summed E-state index contributed by atoms with van der Waals surface area (Å²) in [6, 6.07) is 0. The van der Waals surface area contributed by atoms with Crippen LogP contribution >= 0.6 is 0 Å². The third-order valence-electron chi connectivity index (χ3n) is 5.52. The molecule has 21 heavy (non-hydrogen) atoms. The summed E-state index contributed by atoms with van der Waals surface area (Å²) in [5.74, 6) is 0.497. The predicted molar refractivity (Wildman–Crippen MR) is 87.6 cm³/mol. The SMILES string of the molecule is CS(=O)(=O)N1CCCC(CC2(CN)CCCCCCC2)C1. The second-order valence-corrected chi connectivity index (χ2v) is 9.29. The van der Waals surface area contributed by atoms with Crippen LogP contribution in [0.25, 0.3) is 0 Å². The lowest BCUT2D eigenvalue weighted by molar-refractivity contribution is 0.134. The van der Waals surface area contributed by atoms with Gasteiger partial charge in [0.05, 0.1) is 6.26 Å². The number of sulfonamides is 1. The molecule has 1 saturated carbocycles. The van der Waals surface area contributed by atoms with Crippen molar-refractivity contribution >= 4 is 10.0 Å². The van der Waals surface area contributed by atoms with Gasteiger partial charge in [-0.05, 0) is 50.0 Å². The lowest BCUT2D eigenvalue weighted by Gasteiger charge is -2.40. The Morgan fingerprint density at radius 2 is 1.71 bits per heavy atom. The van der Waals surface area contributed by atoms with E-state index in [4.69, 9.17) is 5.73 Å². The zero-order valence-electron chi connectivity index (χ0n) is 13.5. The van der Waals surface area contributed by atoms with E-state index >= 15 is 0 Å². The van der Waals surface area contributed by atoms with Gasteiger partial charge in [0.1, 0.15) is 0 Å². The largest absolute Gasteiger partial charge is 0.330 e. The van der Waals surface area contributed by atoms with Crippen LogP contribution in [0.1, 0.15) is 64.2 Å². The Morgan fingerprint density at radius 1 is 1.10 bits per heavy atom. The van der Waals surface area contributed by atoms with Crippen molar-refractivity contribution in [2.45, 2.75) is 64.2 Å². The number of nitrogens with zero attached hydrogens (tertiary/aromatic N) is 1. The van der Waals surface area contributed by atoms with Crippen LogP contribution in [0.15, 0.2) is 0 Å². The Balaban J connectivity index is 1.99. The van der Waals surface area contributed by atoms with Crippen molar-refractivity contribution in [1.82, 2.24) is 4.31 Å².